The number of nitrogens with one attached hydrogen (secondary N) is 2. The Morgan fingerprint density at radius 2 is 2.17 bits per heavy atom. The summed E-state index contributed by atoms with van der Waals surface area (Å²) in [7, 11) is 1.80. The van der Waals surface area contributed by atoms with Gasteiger partial charge in [0, 0.05) is 33.9 Å². The molecule has 2 amide bonds. The second kappa shape index (κ2) is 11.2. The molecule has 2 aromatic heterocycles. The van der Waals surface area contributed by atoms with E-state index >= 15 is 0 Å². The van der Waals surface area contributed by atoms with Crippen LogP contribution in [0.3, 0.4) is 0 Å². The molecular formula is C21H24N7O5S3+. The van der Waals surface area contributed by atoms with Crippen LogP contribution in [-0.2, 0) is 19.2 Å². The Kier molecular flexibility index (Phi) is 8.01. The van der Waals surface area contributed by atoms with Gasteiger partial charge in [0.05, 0.1) is 7.05 Å². The minimum atomic E-state index is -1.17. The number of aromatic nitrogens is 2. The third kappa shape index (κ3) is 5.27. The molecule has 2 aliphatic rings. The zero-order chi connectivity index (χ0) is 25.8. The number of anilines is 1. The van der Waals surface area contributed by atoms with Crippen molar-refractivity contribution in [2.24, 2.45) is 5.16 Å². The minimum Gasteiger partial charge on any atom is -0.477 e. The Labute approximate surface area is 218 Å². The van der Waals surface area contributed by atoms with Crippen LogP contribution in [0.25, 0.3) is 0 Å². The molecule has 1 saturated heterocycles. The second-order valence-corrected chi connectivity index (χ2v) is 10.5. The van der Waals surface area contributed by atoms with Gasteiger partial charge in [0.15, 0.2) is 10.8 Å². The van der Waals surface area contributed by atoms with Crippen LogP contribution in [0.15, 0.2) is 51.2 Å². The van der Waals surface area contributed by atoms with Gasteiger partial charge in [-0.3, -0.25) is 14.5 Å². The van der Waals surface area contributed by atoms with E-state index < -0.39 is 29.2 Å². The number of nitrogens with zero attached hydrogens (tertiary/aromatic N) is 4. The van der Waals surface area contributed by atoms with Crippen LogP contribution in [0.4, 0.5) is 5.13 Å². The molecule has 4 heterocycles. The highest BCUT2D eigenvalue weighted by Crippen LogP contribution is 2.41. The first-order chi connectivity index (χ1) is 17.3. The monoisotopic (exact) mass is 550 g/mol. The molecule has 15 heteroatoms. The van der Waals surface area contributed by atoms with Gasteiger partial charge >= 0.3 is 5.97 Å². The number of thioether (sulfide) groups is 2. The lowest BCUT2D eigenvalue weighted by Gasteiger charge is -2.49. The van der Waals surface area contributed by atoms with E-state index in [9.17, 15) is 19.5 Å². The van der Waals surface area contributed by atoms with Crippen molar-refractivity contribution < 1.29 is 29.0 Å². The van der Waals surface area contributed by atoms with Crippen LogP contribution in [0.2, 0.25) is 0 Å². The van der Waals surface area contributed by atoms with E-state index in [1.165, 1.54) is 28.4 Å². The third-order valence-corrected chi connectivity index (χ3v) is 8.38. The van der Waals surface area contributed by atoms with Gasteiger partial charge < -0.3 is 21.0 Å². The molecule has 0 unspecified atom stereocenters. The third-order valence-electron chi connectivity index (χ3n) is 5.27. The molecule has 5 N–H and O–H groups in total. The number of nitrogens with two attached hydrogens (primary N) is 1. The summed E-state index contributed by atoms with van der Waals surface area (Å²) in [5.41, 5.74) is 9.39. The van der Waals surface area contributed by atoms with Crippen LogP contribution >= 0.6 is 34.9 Å². The summed E-state index contributed by atoms with van der Waals surface area (Å²) in [6.45, 7) is 1.95. The molecule has 0 aromatic carbocycles. The number of fused-ring (bicyclic) bond motifs is 1. The maximum absolute atomic E-state index is 13.0. The highest BCUT2D eigenvalue weighted by atomic mass is 32.2. The van der Waals surface area contributed by atoms with Crippen LogP contribution in [0, 0.1) is 0 Å². The predicted octanol–water partition coefficient (Wildman–Crippen LogP) is 0.458. The predicted molar refractivity (Wildman–Crippen MR) is 137 cm³/mol. The first kappa shape index (κ1) is 25.8. The van der Waals surface area contributed by atoms with E-state index in [0.717, 1.165) is 16.2 Å². The number of hydrogen-bond donors (Lipinski definition) is 4. The lowest BCUT2D eigenvalue weighted by atomic mass is 10.0. The van der Waals surface area contributed by atoms with E-state index in [1.54, 1.807) is 24.0 Å². The molecule has 2 atom stereocenters. The summed E-state index contributed by atoms with van der Waals surface area (Å²) in [4.78, 5) is 49.4. The zero-order valence-corrected chi connectivity index (χ0v) is 21.8. The number of aliphatic carboxylic acids is 1. The fraction of sp³-hybridized carbons (Fsp3) is 0.333. The zero-order valence-electron chi connectivity index (χ0n) is 19.3. The lowest BCUT2D eigenvalue weighted by Crippen LogP contribution is -2.71. The smallest absolute Gasteiger partial charge is 0.352 e. The fourth-order valence-corrected chi connectivity index (χ4v) is 6.48. The van der Waals surface area contributed by atoms with Crippen molar-refractivity contribution in [1.29, 1.82) is 0 Å². The molecule has 190 valence electrons. The Morgan fingerprint density at radius 3 is 2.78 bits per heavy atom. The van der Waals surface area contributed by atoms with Crippen molar-refractivity contribution in [2.75, 3.05) is 36.3 Å². The Hall–Kier alpha value is -3.30. The van der Waals surface area contributed by atoms with Gasteiger partial charge in [-0.25, -0.2) is 9.78 Å². The van der Waals surface area contributed by atoms with Crippen LogP contribution in [0.1, 0.15) is 12.6 Å². The molecule has 36 heavy (non-hydrogen) atoms. The van der Waals surface area contributed by atoms with Gasteiger partial charge in [0.2, 0.25) is 12.4 Å². The molecule has 0 aliphatic carbocycles. The van der Waals surface area contributed by atoms with Gasteiger partial charge in [-0.15, -0.1) is 34.9 Å². The first-order valence-electron chi connectivity index (χ1n) is 10.8. The van der Waals surface area contributed by atoms with Gasteiger partial charge in [0.25, 0.3) is 11.8 Å². The highest BCUT2D eigenvalue weighted by molar-refractivity contribution is 8.01. The van der Waals surface area contributed by atoms with Crippen LogP contribution < -0.4 is 21.2 Å². The van der Waals surface area contributed by atoms with E-state index in [2.05, 4.69) is 20.9 Å². The number of carbonyl (C=O) groups excluding carboxylic acids is 2. The number of nitrogen functional groups attached to an aromatic ring is 1. The number of pyridine rings is 1. The average molecular weight is 551 g/mol. The number of β-lactam (4-membered cyclic amide) rings is 1. The van der Waals surface area contributed by atoms with Crippen molar-refractivity contribution >= 4 is 63.5 Å². The van der Waals surface area contributed by atoms with Gasteiger partial charge in [-0.2, -0.15) is 5.43 Å². The summed E-state index contributed by atoms with van der Waals surface area (Å²) in [5, 5.41) is 17.7. The quantitative estimate of drug-likeness (QED) is 0.107. The Morgan fingerprint density at radius 1 is 1.42 bits per heavy atom. The van der Waals surface area contributed by atoms with E-state index in [0.29, 0.717) is 17.1 Å². The molecule has 2 aromatic rings. The maximum Gasteiger partial charge on any atom is 0.352 e. The summed E-state index contributed by atoms with van der Waals surface area (Å²) < 4.78 is 1.79. The van der Waals surface area contributed by atoms with Crippen molar-refractivity contribution in [3.63, 3.8) is 0 Å². The summed E-state index contributed by atoms with van der Waals surface area (Å²) in [6, 6.07) is 2.93. The SMILES string of the molecule is CCON=C(C(=O)N[C@@H]1C(=O)N2C(C(=O)O)=C(CSc3cc[n+](NC)cc3)CS[C@H]12)c1csc(N)n1. The van der Waals surface area contributed by atoms with Crippen LogP contribution in [0.5, 0.6) is 0 Å². The molecule has 2 aliphatic heterocycles. The fourth-order valence-electron chi connectivity index (χ4n) is 3.56. The summed E-state index contributed by atoms with van der Waals surface area (Å²) >= 11 is 4.04. The Balaban J connectivity index is 1.47. The van der Waals surface area contributed by atoms with E-state index in [-0.39, 0.29) is 28.8 Å². The normalized spacial score (nSPS) is 19.4. The summed E-state index contributed by atoms with van der Waals surface area (Å²) in [5.74, 6) is -1.49. The number of hydrogen-bond acceptors (Lipinski definition) is 11. The largest absolute Gasteiger partial charge is 0.477 e. The van der Waals surface area contributed by atoms with Gasteiger partial charge in [-0.1, -0.05) is 9.83 Å². The van der Waals surface area contributed by atoms with E-state index in [4.69, 9.17) is 10.6 Å². The average Bonchev–Trinajstić information content (AvgIpc) is 3.31. The van der Waals surface area contributed by atoms with Crippen molar-refractivity contribution in [3.05, 3.63) is 46.9 Å². The molecule has 1 fully saturated rings. The standard InChI is InChI=1S/C21H23N7O5S3/c1-3-33-26-14(13-10-36-21(22)24-13)17(29)25-15-18(30)28-16(20(31)32)11(9-35-19(15)28)8-34-12-4-6-27(23-2)7-5-12/h4-7,10,15,19,23H,3,8-9H2,1-2H3,(H3-,22,24,25,29,31,32)/p+1/t15-,19-/m1/s1. The number of thiazole rings is 1. The number of carboxylic acids is 1. The van der Waals surface area contributed by atoms with Gasteiger partial charge in [-0.05, 0) is 12.5 Å². The molecule has 0 radical (unpaired) electrons. The Bertz CT molecular complexity index is 1230. The highest BCUT2D eigenvalue weighted by Gasteiger charge is 2.54. The maximum atomic E-state index is 13.0. The first-order valence-corrected chi connectivity index (χ1v) is 13.7. The molecular weight excluding hydrogens is 526 g/mol. The van der Waals surface area contributed by atoms with Gasteiger partial charge in [0.1, 0.15) is 29.4 Å². The molecule has 0 saturated carbocycles. The second-order valence-electron chi connectivity index (χ2n) is 7.50. The molecule has 12 nitrogen and oxygen atoms in total. The topological polar surface area (TPSA) is 163 Å². The minimum absolute atomic E-state index is 0.0292. The number of carbonyl (C=O) groups is 3. The molecule has 0 bridgehead atoms. The molecule has 4 rings (SSSR count). The number of carboxylic acid groups (broad SMARTS) is 1. The summed E-state index contributed by atoms with van der Waals surface area (Å²) in [6.07, 6.45) is 3.71. The number of oxime groups is 1. The van der Waals surface area contributed by atoms with Crippen LogP contribution in [-0.4, -0.2) is 75.1 Å². The lowest BCUT2D eigenvalue weighted by molar-refractivity contribution is -0.647. The van der Waals surface area contributed by atoms with Crippen molar-refractivity contribution in [1.82, 2.24) is 15.2 Å². The number of rotatable bonds is 10. The van der Waals surface area contributed by atoms with Crippen molar-refractivity contribution in [3.8, 4) is 0 Å². The number of amides is 2. The molecule has 0 spiro atoms. The van der Waals surface area contributed by atoms with Crippen molar-refractivity contribution in [2.45, 2.75) is 23.2 Å². The van der Waals surface area contributed by atoms with E-state index in [1.807, 2.05) is 24.5 Å².